The molecule has 1 unspecified atom stereocenters. The Morgan fingerprint density at radius 1 is 1.25 bits per heavy atom. The predicted octanol–water partition coefficient (Wildman–Crippen LogP) is 4.09. The van der Waals surface area contributed by atoms with Gasteiger partial charge >= 0.3 is 0 Å². The number of likely N-dealkylation sites (N-methyl/N-ethyl adjacent to an activating group) is 1. The number of rotatable bonds is 4. The van der Waals surface area contributed by atoms with E-state index >= 15 is 0 Å². The highest BCUT2D eigenvalue weighted by Crippen LogP contribution is 2.48. The van der Waals surface area contributed by atoms with Crippen LogP contribution in [0.1, 0.15) is 61.9 Å². The van der Waals surface area contributed by atoms with E-state index in [2.05, 4.69) is 28.2 Å². The first-order valence-electron chi connectivity index (χ1n) is 9.69. The molecule has 3 aliphatic rings. The van der Waals surface area contributed by atoms with E-state index in [0.29, 0.717) is 24.5 Å². The number of amides is 1. The highest BCUT2D eigenvalue weighted by atomic mass is 32.1. The summed E-state index contributed by atoms with van der Waals surface area (Å²) in [6.45, 7) is 4.00. The number of thiophene rings is 1. The second-order valence-electron chi connectivity index (χ2n) is 8.22. The van der Waals surface area contributed by atoms with Gasteiger partial charge < -0.3 is 4.90 Å². The molecule has 0 bridgehead atoms. The lowest BCUT2D eigenvalue weighted by molar-refractivity contribution is -0.134. The third kappa shape index (κ3) is 3.28. The Hall–Kier alpha value is -0.870. The molecule has 2 heterocycles. The van der Waals surface area contributed by atoms with Crippen LogP contribution in [0.3, 0.4) is 0 Å². The van der Waals surface area contributed by atoms with E-state index in [-0.39, 0.29) is 0 Å². The average molecular weight is 347 g/mol. The van der Waals surface area contributed by atoms with Crippen molar-refractivity contribution in [2.45, 2.75) is 64.0 Å². The SMILES string of the molecule is CC1CCC(N(C)C(=O)CN2CCc3sccc3C2C2CC2)CC1. The van der Waals surface area contributed by atoms with E-state index in [0.717, 1.165) is 24.8 Å². The fourth-order valence-electron chi connectivity index (χ4n) is 4.66. The van der Waals surface area contributed by atoms with Crippen LogP contribution < -0.4 is 0 Å². The van der Waals surface area contributed by atoms with Gasteiger partial charge in [0.25, 0.3) is 0 Å². The lowest BCUT2D eigenvalue weighted by Crippen LogP contribution is -2.47. The summed E-state index contributed by atoms with van der Waals surface area (Å²) in [5, 5.41) is 2.24. The fraction of sp³-hybridized carbons (Fsp3) is 0.750. The smallest absolute Gasteiger partial charge is 0.236 e. The van der Waals surface area contributed by atoms with E-state index in [1.54, 1.807) is 4.88 Å². The molecule has 1 aliphatic heterocycles. The van der Waals surface area contributed by atoms with Crippen LogP contribution in [0.2, 0.25) is 0 Å². The van der Waals surface area contributed by atoms with Gasteiger partial charge in [0.15, 0.2) is 0 Å². The molecule has 4 heteroatoms. The number of carbonyl (C=O) groups excluding carboxylic acids is 1. The summed E-state index contributed by atoms with van der Waals surface area (Å²) in [5.41, 5.74) is 1.52. The van der Waals surface area contributed by atoms with Crippen molar-refractivity contribution < 1.29 is 4.79 Å². The van der Waals surface area contributed by atoms with Gasteiger partial charge in [-0.05, 0) is 73.8 Å². The van der Waals surface area contributed by atoms with Crippen LogP contribution in [0.25, 0.3) is 0 Å². The molecule has 1 atom stereocenters. The van der Waals surface area contributed by atoms with Crippen molar-refractivity contribution in [2.75, 3.05) is 20.1 Å². The van der Waals surface area contributed by atoms with Gasteiger partial charge in [0.05, 0.1) is 6.54 Å². The Bertz CT molecular complexity index is 586. The van der Waals surface area contributed by atoms with Crippen LogP contribution >= 0.6 is 11.3 Å². The van der Waals surface area contributed by atoms with Gasteiger partial charge in [0, 0.05) is 30.6 Å². The molecule has 2 saturated carbocycles. The minimum Gasteiger partial charge on any atom is -0.342 e. The van der Waals surface area contributed by atoms with E-state index < -0.39 is 0 Å². The molecule has 1 aromatic rings. The maximum atomic E-state index is 12.9. The van der Waals surface area contributed by atoms with E-state index in [9.17, 15) is 4.79 Å². The standard InChI is InChI=1S/C20H30N2OS/c1-14-3-7-16(8-4-14)21(2)19(23)13-22-11-9-18-17(10-12-24-18)20(22)15-5-6-15/h10,12,14-16,20H,3-9,11,13H2,1-2H3. The van der Waals surface area contributed by atoms with Gasteiger partial charge in [-0.25, -0.2) is 0 Å². The van der Waals surface area contributed by atoms with Crippen LogP contribution in [0.4, 0.5) is 0 Å². The Morgan fingerprint density at radius 3 is 2.71 bits per heavy atom. The Kier molecular flexibility index (Phi) is 4.70. The minimum atomic E-state index is 0.332. The first-order chi connectivity index (χ1) is 11.6. The molecule has 0 spiro atoms. The number of hydrogen-bond donors (Lipinski definition) is 0. The quantitative estimate of drug-likeness (QED) is 0.820. The Balaban J connectivity index is 1.41. The fourth-order valence-corrected chi connectivity index (χ4v) is 5.57. The topological polar surface area (TPSA) is 23.6 Å². The molecule has 0 aromatic carbocycles. The van der Waals surface area contributed by atoms with Crippen molar-refractivity contribution in [3.8, 4) is 0 Å². The van der Waals surface area contributed by atoms with Crippen LogP contribution in [0.15, 0.2) is 11.4 Å². The summed E-state index contributed by atoms with van der Waals surface area (Å²) in [4.78, 5) is 19.0. The molecule has 1 amide bonds. The molecule has 132 valence electrons. The van der Waals surface area contributed by atoms with Crippen LogP contribution in [0, 0.1) is 11.8 Å². The molecule has 2 aliphatic carbocycles. The lowest BCUT2D eigenvalue weighted by atomic mass is 9.86. The third-order valence-electron chi connectivity index (χ3n) is 6.45. The van der Waals surface area contributed by atoms with Crippen molar-refractivity contribution in [3.05, 3.63) is 21.9 Å². The summed E-state index contributed by atoms with van der Waals surface area (Å²) in [6, 6.07) is 3.28. The average Bonchev–Trinajstić information content (AvgIpc) is 3.31. The summed E-state index contributed by atoms with van der Waals surface area (Å²) in [6.07, 6.45) is 8.70. The maximum Gasteiger partial charge on any atom is 0.236 e. The zero-order valence-corrected chi connectivity index (χ0v) is 15.9. The van der Waals surface area contributed by atoms with E-state index in [1.807, 2.05) is 18.4 Å². The normalized spacial score (nSPS) is 30.8. The molecule has 24 heavy (non-hydrogen) atoms. The second kappa shape index (κ2) is 6.80. The molecule has 1 aromatic heterocycles. The van der Waals surface area contributed by atoms with Crippen LogP contribution in [-0.4, -0.2) is 41.9 Å². The van der Waals surface area contributed by atoms with Gasteiger partial charge in [0.2, 0.25) is 5.91 Å². The first kappa shape index (κ1) is 16.6. The molecule has 2 fully saturated rings. The van der Waals surface area contributed by atoms with Gasteiger partial charge in [-0.3, -0.25) is 9.69 Å². The summed E-state index contributed by atoms with van der Waals surface area (Å²) >= 11 is 1.90. The third-order valence-corrected chi connectivity index (χ3v) is 7.45. The highest BCUT2D eigenvalue weighted by Gasteiger charge is 2.41. The van der Waals surface area contributed by atoms with Gasteiger partial charge in [-0.15, -0.1) is 11.3 Å². The highest BCUT2D eigenvalue weighted by molar-refractivity contribution is 7.10. The van der Waals surface area contributed by atoms with Gasteiger partial charge in [-0.2, -0.15) is 0 Å². The van der Waals surface area contributed by atoms with Crippen LogP contribution in [0.5, 0.6) is 0 Å². The molecular weight excluding hydrogens is 316 g/mol. The predicted molar refractivity (Wildman–Crippen MR) is 99.3 cm³/mol. The summed E-state index contributed by atoms with van der Waals surface area (Å²) < 4.78 is 0. The molecule has 0 saturated heterocycles. The van der Waals surface area contributed by atoms with Gasteiger partial charge in [-0.1, -0.05) is 6.92 Å². The number of nitrogens with zero attached hydrogens (tertiary/aromatic N) is 2. The second-order valence-corrected chi connectivity index (χ2v) is 9.22. The first-order valence-corrected chi connectivity index (χ1v) is 10.6. The number of hydrogen-bond acceptors (Lipinski definition) is 3. The largest absolute Gasteiger partial charge is 0.342 e. The van der Waals surface area contributed by atoms with Crippen molar-refractivity contribution >= 4 is 17.2 Å². The number of fused-ring (bicyclic) bond motifs is 1. The van der Waals surface area contributed by atoms with Crippen molar-refractivity contribution in [3.63, 3.8) is 0 Å². The Morgan fingerprint density at radius 2 is 2.00 bits per heavy atom. The minimum absolute atomic E-state index is 0.332. The number of carbonyl (C=O) groups is 1. The lowest BCUT2D eigenvalue weighted by Gasteiger charge is -2.39. The molecule has 0 radical (unpaired) electrons. The molecule has 0 N–H and O–H groups in total. The van der Waals surface area contributed by atoms with Crippen molar-refractivity contribution in [2.24, 2.45) is 11.8 Å². The van der Waals surface area contributed by atoms with Crippen LogP contribution in [-0.2, 0) is 11.2 Å². The zero-order valence-electron chi connectivity index (χ0n) is 15.0. The van der Waals surface area contributed by atoms with Gasteiger partial charge in [0.1, 0.15) is 0 Å². The van der Waals surface area contributed by atoms with Crippen molar-refractivity contribution in [1.82, 2.24) is 9.80 Å². The molecule has 4 rings (SSSR count). The monoisotopic (exact) mass is 346 g/mol. The van der Waals surface area contributed by atoms with E-state index in [4.69, 9.17) is 0 Å². The summed E-state index contributed by atoms with van der Waals surface area (Å²) in [7, 11) is 2.04. The Labute approximate surface area is 150 Å². The maximum absolute atomic E-state index is 12.9. The van der Waals surface area contributed by atoms with Crippen molar-refractivity contribution in [1.29, 1.82) is 0 Å². The molecule has 3 nitrogen and oxygen atoms in total. The summed E-state index contributed by atoms with van der Waals surface area (Å²) in [5.74, 6) is 1.95. The molecular formula is C20H30N2OS. The zero-order chi connectivity index (χ0) is 16.7. The van der Waals surface area contributed by atoms with E-state index in [1.165, 1.54) is 44.1 Å².